The van der Waals surface area contributed by atoms with Gasteiger partial charge in [0.1, 0.15) is 11.8 Å². The minimum Gasteiger partial charge on any atom is -0.496 e. The summed E-state index contributed by atoms with van der Waals surface area (Å²) >= 11 is 3.35. The van der Waals surface area contributed by atoms with Gasteiger partial charge in [-0.15, -0.1) is 0 Å². The van der Waals surface area contributed by atoms with Crippen molar-refractivity contribution in [2.45, 2.75) is 25.4 Å². The van der Waals surface area contributed by atoms with Crippen molar-refractivity contribution in [1.29, 1.82) is 0 Å². The smallest absolute Gasteiger partial charge is 0.255 e. The molecule has 110 valence electrons. The summed E-state index contributed by atoms with van der Waals surface area (Å²) in [5, 5.41) is 2.28. The summed E-state index contributed by atoms with van der Waals surface area (Å²) in [6.07, 6.45) is 0.617. The van der Waals surface area contributed by atoms with Crippen LogP contribution in [0.1, 0.15) is 28.8 Å². The fraction of sp³-hybridized carbons (Fsp3) is 0.357. The summed E-state index contributed by atoms with van der Waals surface area (Å²) in [4.78, 5) is 37.1. The number of nitrogens with one attached hydrogen (secondary N) is 1. The molecule has 1 N–H and O–H groups in total. The highest BCUT2D eigenvalue weighted by Crippen LogP contribution is 2.34. The molecule has 2 aliphatic heterocycles. The maximum atomic E-state index is 12.5. The lowest BCUT2D eigenvalue weighted by Crippen LogP contribution is -2.52. The van der Waals surface area contributed by atoms with Crippen LogP contribution in [0.5, 0.6) is 5.75 Å². The number of imide groups is 1. The van der Waals surface area contributed by atoms with Crippen molar-refractivity contribution in [3.05, 3.63) is 27.7 Å². The van der Waals surface area contributed by atoms with Crippen molar-refractivity contribution in [2.24, 2.45) is 0 Å². The molecule has 0 radical (unpaired) electrons. The zero-order valence-electron chi connectivity index (χ0n) is 11.3. The second-order valence-electron chi connectivity index (χ2n) is 5.04. The lowest BCUT2D eigenvalue weighted by Gasteiger charge is -2.29. The van der Waals surface area contributed by atoms with Crippen LogP contribution in [0.3, 0.4) is 0 Å². The number of fused-ring (bicyclic) bond motifs is 1. The van der Waals surface area contributed by atoms with Crippen LogP contribution < -0.4 is 10.1 Å². The van der Waals surface area contributed by atoms with Gasteiger partial charge < -0.3 is 9.64 Å². The van der Waals surface area contributed by atoms with Gasteiger partial charge >= 0.3 is 0 Å². The maximum Gasteiger partial charge on any atom is 0.255 e. The number of ether oxygens (including phenoxy) is 1. The topological polar surface area (TPSA) is 75.7 Å². The Labute approximate surface area is 129 Å². The molecular weight excluding hydrogens is 340 g/mol. The Balaban J connectivity index is 1.90. The van der Waals surface area contributed by atoms with Crippen LogP contribution in [-0.2, 0) is 16.1 Å². The normalized spacial score (nSPS) is 21.3. The molecule has 2 aliphatic rings. The number of halogens is 1. The Hall–Kier alpha value is -1.89. The quantitative estimate of drug-likeness (QED) is 0.812. The Kier molecular flexibility index (Phi) is 3.44. The molecule has 3 amide bonds. The van der Waals surface area contributed by atoms with Gasteiger partial charge in [-0.25, -0.2) is 0 Å². The second kappa shape index (κ2) is 5.14. The number of piperidine rings is 1. The summed E-state index contributed by atoms with van der Waals surface area (Å²) in [6, 6.07) is 2.92. The third kappa shape index (κ3) is 2.31. The monoisotopic (exact) mass is 352 g/mol. The van der Waals surface area contributed by atoms with Gasteiger partial charge in [0.2, 0.25) is 11.8 Å². The van der Waals surface area contributed by atoms with E-state index in [4.69, 9.17) is 4.74 Å². The van der Waals surface area contributed by atoms with Crippen molar-refractivity contribution in [3.8, 4) is 5.75 Å². The Morgan fingerprint density at radius 2 is 2.10 bits per heavy atom. The molecule has 1 fully saturated rings. The fourth-order valence-electron chi connectivity index (χ4n) is 2.72. The van der Waals surface area contributed by atoms with E-state index in [0.29, 0.717) is 28.8 Å². The molecule has 3 rings (SSSR count). The molecule has 7 heteroatoms. The van der Waals surface area contributed by atoms with Gasteiger partial charge in [-0.1, -0.05) is 0 Å². The van der Waals surface area contributed by atoms with E-state index in [1.807, 2.05) is 0 Å². The minimum atomic E-state index is -0.590. The summed E-state index contributed by atoms with van der Waals surface area (Å²) in [5.74, 6) is -0.238. The summed E-state index contributed by atoms with van der Waals surface area (Å²) in [5.41, 5.74) is 1.39. The first kappa shape index (κ1) is 14.1. The molecule has 21 heavy (non-hydrogen) atoms. The van der Waals surface area contributed by atoms with E-state index >= 15 is 0 Å². The lowest BCUT2D eigenvalue weighted by atomic mass is 10.0. The van der Waals surface area contributed by atoms with E-state index in [1.165, 1.54) is 4.90 Å². The molecule has 0 spiro atoms. The van der Waals surface area contributed by atoms with Crippen molar-refractivity contribution in [3.63, 3.8) is 0 Å². The van der Waals surface area contributed by atoms with Crippen LogP contribution in [0.25, 0.3) is 0 Å². The zero-order valence-corrected chi connectivity index (χ0v) is 12.9. The molecule has 0 saturated carbocycles. The van der Waals surface area contributed by atoms with E-state index in [-0.39, 0.29) is 18.2 Å². The van der Waals surface area contributed by atoms with Crippen LogP contribution in [0.4, 0.5) is 0 Å². The maximum absolute atomic E-state index is 12.5. The number of amides is 3. The molecule has 1 atom stereocenters. The summed E-state index contributed by atoms with van der Waals surface area (Å²) < 4.78 is 5.92. The van der Waals surface area contributed by atoms with Crippen LogP contribution in [0, 0.1) is 0 Å². The molecule has 1 unspecified atom stereocenters. The molecule has 0 aliphatic carbocycles. The van der Waals surface area contributed by atoms with Crippen molar-refractivity contribution in [1.82, 2.24) is 10.2 Å². The van der Waals surface area contributed by atoms with Crippen molar-refractivity contribution in [2.75, 3.05) is 7.11 Å². The number of benzene rings is 1. The molecule has 1 aromatic rings. The number of nitrogens with zero attached hydrogens (tertiary/aromatic N) is 1. The Morgan fingerprint density at radius 3 is 2.76 bits per heavy atom. The number of carbonyl (C=O) groups is 3. The van der Waals surface area contributed by atoms with Crippen molar-refractivity contribution >= 4 is 33.7 Å². The van der Waals surface area contributed by atoms with Gasteiger partial charge in [-0.2, -0.15) is 0 Å². The lowest BCUT2D eigenvalue weighted by molar-refractivity contribution is -0.136. The first-order chi connectivity index (χ1) is 10.0. The third-order valence-corrected chi connectivity index (χ3v) is 4.42. The van der Waals surface area contributed by atoms with Crippen LogP contribution in [-0.4, -0.2) is 35.8 Å². The van der Waals surface area contributed by atoms with Gasteiger partial charge in [0.25, 0.3) is 5.91 Å². The van der Waals surface area contributed by atoms with Crippen LogP contribution in [0.2, 0.25) is 0 Å². The standard InChI is InChI=1S/C14H13BrN2O4/c1-21-11-4-7-6-17(14(20)8(7)5-9(11)15)10-2-3-12(18)16-13(10)19/h4-5,10H,2-3,6H2,1H3,(H,16,18,19). The molecule has 0 bridgehead atoms. The first-order valence-electron chi connectivity index (χ1n) is 6.52. The van der Waals surface area contributed by atoms with Gasteiger partial charge in [-0.05, 0) is 40.0 Å². The molecule has 2 heterocycles. The molecule has 6 nitrogen and oxygen atoms in total. The highest BCUT2D eigenvalue weighted by molar-refractivity contribution is 9.10. The van der Waals surface area contributed by atoms with Gasteiger partial charge in [-0.3, -0.25) is 19.7 Å². The second-order valence-corrected chi connectivity index (χ2v) is 5.90. The Morgan fingerprint density at radius 1 is 1.33 bits per heavy atom. The summed E-state index contributed by atoms with van der Waals surface area (Å²) in [6.45, 7) is 0.351. The number of methoxy groups -OCH3 is 1. The van der Waals surface area contributed by atoms with E-state index < -0.39 is 11.9 Å². The van der Waals surface area contributed by atoms with E-state index in [9.17, 15) is 14.4 Å². The number of rotatable bonds is 2. The highest BCUT2D eigenvalue weighted by Gasteiger charge is 2.39. The average Bonchev–Trinajstić information content (AvgIpc) is 2.75. The number of hydrogen-bond donors (Lipinski definition) is 1. The first-order valence-corrected chi connectivity index (χ1v) is 7.31. The Bertz CT molecular complexity index is 659. The SMILES string of the molecule is COc1cc2c(cc1Br)C(=O)N(C1CCC(=O)NC1=O)C2. The van der Waals surface area contributed by atoms with E-state index in [1.54, 1.807) is 19.2 Å². The van der Waals surface area contributed by atoms with Gasteiger partial charge in [0.05, 0.1) is 11.6 Å². The largest absolute Gasteiger partial charge is 0.496 e. The van der Waals surface area contributed by atoms with Gasteiger partial charge in [0.15, 0.2) is 0 Å². The minimum absolute atomic E-state index is 0.192. The van der Waals surface area contributed by atoms with Crippen molar-refractivity contribution < 1.29 is 19.1 Å². The average molecular weight is 353 g/mol. The number of hydrogen-bond acceptors (Lipinski definition) is 4. The van der Waals surface area contributed by atoms with E-state index in [2.05, 4.69) is 21.2 Å². The predicted octanol–water partition coefficient (Wildman–Crippen LogP) is 1.22. The third-order valence-electron chi connectivity index (χ3n) is 3.80. The van der Waals surface area contributed by atoms with E-state index in [0.717, 1.165) is 5.56 Å². The molecule has 1 saturated heterocycles. The summed E-state index contributed by atoms with van der Waals surface area (Å²) in [7, 11) is 1.56. The van der Waals surface area contributed by atoms with Crippen LogP contribution >= 0.6 is 15.9 Å². The zero-order chi connectivity index (χ0) is 15.1. The molecule has 0 aromatic heterocycles. The fourth-order valence-corrected chi connectivity index (χ4v) is 3.23. The van der Waals surface area contributed by atoms with Crippen LogP contribution in [0.15, 0.2) is 16.6 Å². The molecular formula is C14H13BrN2O4. The predicted molar refractivity (Wildman–Crippen MR) is 76.7 cm³/mol. The van der Waals surface area contributed by atoms with Gasteiger partial charge in [0, 0.05) is 18.5 Å². The highest BCUT2D eigenvalue weighted by atomic mass is 79.9. The number of carbonyl (C=O) groups excluding carboxylic acids is 3. The molecule has 1 aromatic carbocycles.